The second kappa shape index (κ2) is 5.52. The fraction of sp³-hybridized carbons (Fsp3) is 0.833. The van der Waals surface area contributed by atoms with Crippen LogP contribution in [-0.2, 0) is 0 Å². The average Bonchev–Trinajstić information content (AvgIpc) is 2.20. The van der Waals surface area contributed by atoms with Crippen LogP contribution in [-0.4, -0.2) is 49.1 Å². The maximum atomic E-state index is 2.60. The van der Waals surface area contributed by atoms with E-state index in [1.54, 1.807) is 5.57 Å². The van der Waals surface area contributed by atoms with Crippen LogP contribution in [0.4, 0.5) is 0 Å². The zero-order chi connectivity index (χ0) is 10.6. The Morgan fingerprint density at radius 2 is 1.86 bits per heavy atom. The van der Waals surface area contributed by atoms with E-state index in [-0.39, 0.29) is 0 Å². The van der Waals surface area contributed by atoms with Gasteiger partial charge in [-0.05, 0) is 27.3 Å². The molecule has 0 aromatic rings. The molecule has 0 aromatic carbocycles. The Labute approximate surface area is 88.6 Å². The average molecular weight is 196 g/mol. The third-order valence-electron chi connectivity index (χ3n) is 3.40. The van der Waals surface area contributed by atoms with Crippen molar-refractivity contribution in [2.75, 3.05) is 33.2 Å². The first-order valence-electron chi connectivity index (χ1n) is 5.76. The minimum absolute atomic E-state index is 0.638. The van der Waals surface area contributed by atoms with Gasteiger partial charge in [-0.1, -0.05) is 18.6 Å². The highest BCUT2D eigenvalue weighted by Crippen LogP contribution is 2.15. The Balaban J connectivity index is 2.48. The van der Waals surface area contributed by atoms with Crippen molar-refractivity contribution in [3.8, 4) is 0 Å². The van der Waals surface area contributed by atoms with Crippen molar-refractivity contribution >= 4 is 0 Å². The predicted molar refractivity (Wildman–Crippen MR) is 62.6 cm³/mol. The van der Waals surface area contributed by atoms with Gasteiger partial charge < -0.3 is 4.90 Å². The van der Waals surface area contributed by atoms with E-state index in [0.29, 0.717) is 6.04 Å². The Morgan fingerprint density at radius 3 is 2.29 bits per heavy atom. The molecule has 0 spiro atoms. The van der Waals surface area contributed by atoms with E-state index >= 15 is 0 Å². The van der Waals surface area contributed by atoms with Crippen molar-refractivity contribution in [3.05, 3.63) is 11.6 Å². The summed E-state index contributed by atoms with van der Waals surface area (Å²) in [5.41, 5.74) is 1.58. The molecule has 82 valence electrons. The van der Waals surface area contributed by atoms with Crippen LogP contribution < -0.4 is 0 Å². The largest absolute Gasteiger partial charge is 0.304 e. The summed E-state index contributed by atoms with van der Waals surface area (Å²) >= 11 is 0. The van der Waals surface area contributed by atoms with Gasteiger partial charge in [0, 0.05) is 32.2 Å². The molecule has 1 heterocycles. The lowest BCUT2D eigenvalue weighted by Gasteiger charge is -2.37. The molecule has 0 amide bonds. The van der Waals surface area contributed by atoms with Crippen molar-refractivity contribution in [1.82, 2.24) is 9.80 Å². The van der Waals surface area contributed by atoms with Gasteiger partial charge in [0.05, 0.1) is 0 Å². The van der Waals surface area contributed by atoms with Gasteiger partial charge in [-0.2, -0.15) is 0 Å². The van der Waals surface area contributed by atoms with E-state index in [0.717, 1.165) is 0 Å². The Hall–Kier alpha value is -0.340. The highest BCUT2D eigenvalue weighted by Gasteiger charge is 2.20. The number of hydrogen-bond donors (Lipinski definition) is 0. The summed E-state index contributed by atoms with van der Waals surface area (Å²) in [6, 6.07) is 0.638. The van der Waals surface area contributed by atoms with E-state index in [1.165, 1.54) is 32.6 Å². The lowest BCUT2D eigenvalue weighted by Crippen LogP contribution is -2.48. The van der Waals surface area contributed by atoms with Crippen molar-refractivity contribution < 1.29 is 0 Å². The number of likely N-dealkylation sites (N-methyl/N-ethyl adjacent to an activating group) is 1. The Morgan fingerprint density at radius 1 is 1.29 bits per heavy atom. The smallest absolute Gasteiger partial charge is 0.0280 e. The molecule has 1 fully saturated rings. The molecule has 0 N–H and O–H groups in total. The van der Waals surface area contributed by atoms with E-state index in [4.69, 9.17) is 0 Å². The molecule has 0 saturated carbocycles. The van der Waals surface area contributed by atoms with Crippen LogP contribution in [0.25, 0.3) is 0 Å². The van der Waals surface area contributed by atoms with Gasteiger partial charge in [0.15, 0.2) is 0 Å². The molecule has 1 unspecified atom stereocenters. The number of nitrogens with zero attached hydrogens (tertiary/aromatic N) is 2. The van der Waals surface area contributed by atoms with Crippen LogP contribution in [0.5, 0.6) is 0 Å². The first kappa shape index (κ1) is 11.7. The molecule has 0 radical (unpaired) electrons. The third-order valence-corrected chi connectivity index (χ3v) is 3.40. The molecular weight excluding hydrogens is 172 g/mol. The standard InChI is InChI=1S/C12H24N2/c1-5-12(6-2)11(3)14-9-7-13(4)8-10-14/h5,11H,6-10H2,1-4H3/b12-5+. The molecule has 2 nitrogen and oxygen atoms in total. The van der Waals surface area contributed by atoms with E-state index < -0.39 is 0 Å². The van der Waals surface area contributed by atoms with E-state index in [9.17, 15) is 0 Å². The maximum absolute atomic E-state index is 2.60. The third kappa shape index (κ3) is 2.82. The van der Waals surface area contributed by atoms with Crippen LogP contribution in [0, 0.1) is 0 Å². The van der Waals surface area contributed by atoms with Crippen molar-refractivity contribution in [2.24, 2.45) is 0 Å². The lowest BCUT2D eigenvalue weighted by molar-refractivity contribution is 0.131. The van der Waals surface area contributed by atoms with Gasteiger partial charge in [-0.25, -0.2) is 0 Å². The monoisotopic (exact) mass is 196 g/mol. The highest BCUT2D eigenvalue weighted by molar-refractivity contribution is 5.08. The van der Waals surface area contributed by atoms with Crippen LogP contribution in [0.2, 0.25) is 0 Å². The molecule has 2 heteroatoms. The van der Waals surface area contributed by atoms with Crippen LogP contribution in [0.1, 0.15) is 27.2 Å². The fourth-order valence-corrected chi connectivity index (χ4v) is 2.18. The first-order chi connectivity index (χ1) is 6.69. The molecule has 0 aliphatic carbocycles. The van der Waals surface area contributed by atoms with Crippen molar-refractivity contribution in [3.63, 3.8) is 0 Å². The van der Waals surface area contributed by atoms with Gasteiger partial charge in [-0.15, -0.1) is 0 Å². The van der Waals surface area contributed by atoms with Crippen LogP contribution >= 0.6 is 0 Å². The zero-order valence-electron chi connectivity index (χ0n) is 10.1. The number of rotatable bonds is 3. The number of allylic oxidation sites excluding steroid dienone is 1. The SMILES string of the molecule is C/C=C(\CC)C(C)N1CCN(C)CC1. The molecule has 1 atom stereocenters. The topological polar surface area (TPSA) is 6.48 Å². The van der Waals surface area contributed by atoms with Gasteiger partial charge in [0.2, 0.25) is 0 Å². The summed E-state index contributed by atoms with van der Waals surface area (Å²) in [5.74, 6) is 0. The summed E-state index contributed by atoms with van der Waals surface area (Å²) in [7, 11) is 2.21. The van der Waals surface area contributed by atoms with Gasteiger partial charge in [-0.3, -0.25) is 4.90 Å². The zero-order valence-corrected chi connectivity index (χ0v) is 10.1. The molecule has 1 rings (SSSR count). The quantitative estimate of drug-likeness (QED) is 0.637. The van der Waals surface area contributed by atoms with E-state index in [2.05, 4.69) is 43.7 Å². The molecule has 1 aliphatic rings. The molecule has 1 aliphatic heterocycles. The fourth-order valence-electron chi connectivity index (χ4n) is 2.18. The summed E-state index contributed by atoms with van der Waals surface area (Å²) in [5, 5.41) is 0. The Bertz CT molecular complexity index is 190. The predicted octanol–water partition coefficient (Wildman–Crippen LogP) is 1.98. The van der Waals surface area contributed by atoms with Crippen LogP contribution in [0.3, 0.4) is 0 Å². The van der Waals surface area contributed by atoms with Crippen LogP contribution in [0.15, 0.2) is 11.6 Å². The van der Waals surface area contributed by atoms with Gasteiger partial charge in [0.1, 0.15) is 0 Å². The molecular formula is C12H24N2. The van der Waals surface area contributed by atoms with Crippen molar-refractivity contribution in [2.45, 2.75) is 33.2 Å². The molecule has 14 heavy (non-hydrogen) atoms. The molecule has 1 saturated heterocycles. The highest BCUT2D eigenvalue weighted by atomic mass is 15.3. The second-order valence-electron chi connectivity index (χ2n) is 4.23. The molecule has 0 bridgehead atoms. The summed E-state index contributed by atoms with van der Waals surface area (Å²) in [6.07, 6.45) is 3.47. The summed E-state index contributed by atoms with van der Waals surface area (Å²) < 4.78 is 0. The van der Waals surface area contributed by atoms with Gasteiger partial charge >= 0.3 is 0 Å². The minimum atomic E-state index is 0.638. The van der Waals surface area contributed by atoms with Crippen molar-refractivity contribution in [1.29, 1.82) is 0 Å². The normalized spacial score (nSPS) is 23.9. The summed E-state index contributed by atoms with van der Waals surface area (Å²) in [6.45, 7) is 11.6. The minimum Gasteiger partial charge on any atom is -0.304 e. The first-order valence-corrected chi connectivity index (χ1v) is 5.76. The number of piperazine rings is 1. The lowest BCUT2D eigenvalue weighted by atomic mass is 10.0. The Kier molecular flexibility index (Phi) is 4.63. The van der Waals surface area contributed by atoms with E-state index in [1.807, 2.05) is 0 Å². The number of hydrogen-bond acceptors (Lipinski definition) is 2. The second-order valence-corrected chi connectivity index (χ2v) is 4.23. The maximum Gasteiger partial charge on any atom is 0.0280 e. The van der Waals surface area contributed by atoms with Gasteiger partial charge in [0.25, 0.3) is 0 Å². The summed E-state index contributed by atoms with van der Waals surface area (Å²) in [4.78, 5) is 5.00. The molecule has 0 aromatic heterocycles.